The van der Waals surface area contributed by atoms with E-state index >= 15 is 0 Å². The standard InChI is InChI=1S/C18H24O12/c19-13(20)7-5-11(9-15(23)24)29-17(27)3-1-2-4-18(28)30-12(10-16(25)26)6-8-14(21)22/h1,3,11-12H,2,4-10H2,(H,19,20)(H,21,22)(H,23,24)(H,25,26)/b3-1-. The Hall–Kier alpha value is -3.44. The highest BCUT2D eigenvalue weighted by atomic mass is 16.5. The van der Waals surface area contributed by atoms with Crippen molar-refractivity contribution >= 4 is 35.8 Å². The molecule has 0 saturated heterocycles. The van der Waals surface area contributed by atoms with Crippen LogP contribution in [0.4, 0.5) is 0 Å². The lowest BCUT2D eigenvalue weighted by atomic mass is 10.1. The molecule has 0 aromatic carbocycles. The number of esters is 2. The van der Waals surface area contributed by atoms with Crippen molar-refractivity contribution in [2.45, 2.75) is 63.6 Å². The van der Waals surface area contributed by atoms with Crippen molar-refractivity contribution in [2.24, 2.45) is 0 Å². The largest absolute Gasteiger partial charge is 0.481 e. The third-order valence-corrected chi connectivity index (χ3v) is 3.51. The first-order valence-corrected chi connectivity index (χ1v) is 8.93. The predicted molar refractivity (Wildman–Crippen MR) is 96.4 cm³/mol. The van der Waals surface area contributed by atoms with Gasteiger partial charge in [-0.25, -0.2) is 4.79 Å². The van der Waals surface area contributed by atoms with E-state index in [4.69, 9.17) is 29.9 Å². The van der Waals surface area contributed by atoms with Crippen LogP contribution in [0.1, 0.15) is 51.4 Å². The summed E-state index contributed by atoms with van der Waals surface area (Å²) in [6, 6.07) is 0. The van der Waals surface area contributed by atoms with Crippen LogP contribution in [0.3, 0.4) is 0 Å². The summed E-state index contributed by atoms with van der Waals surface area (Å²) >= 11 is 0. The molecule has 0 aliphatic carbocycles. The first-order chi connectivity index (χ1) is 14.0. The Labute approximate surface area is 171 Å². The Bertz CT molecular complexity index is 666. The quantitative estimate of drug-likeness (QED) is 0.198. The smallest absolute Gasteiger partial charge is 0.330 e. The summed E-state index contributed by atoms with van der Waals surface area (Å²) in [5.74, 6) is -6.53. The minimum absolute atomic E-state index is 0.0192. The zero-order chi connectivity index (χ0) is 23.1. The number of aliphatic carboxylic acids is 4. The fourth-order valence-corrected chi connectivity index (χ4v) is 2.19. The van der Waals surface area contributed by atoms with E-state index < -0.39 is 60.9 Å². The number of carbonyl (C=O) groups is 6. The average molecular weight is 432 g/mol. The summed E-state index contributed by atoms with van der Waals surface area (Å²) < 4.78 is 9.80. The lowest BCUT2D eigenvalue weighted by Crippen LogP contribution is -2.22. The van der Waals surface area contributed by atoms with Gasteiger partial charge in [0.1, 0.15) is 12.2 Å². The number of hydrogen-bond acceptors (Lipinski definition) is 8. The molecule has 2 atom stereocenters. The number of allylic oxidation sites excluding steroid dienone is 1. The van der Waals surface area contributed by atoms with E-state index in [1.54, 1.807) is 0 Å². The Kier molecular flexibility index (Phi) is 12.9. The molecule has 2 unspecified atom stereocenters. The van der Waals surface area contributed by atoms with E-state index in [0.29, 0.717) is 0 Å². The van der Waals surface area contributed by atoms with E-state index in [1.165, 1.54) is 6.08 Å². The number of rotatable bonds is 16. The maximum Gasteiger partial charge on any atom is 0.330 e. The molecule has 4 N–H and O–H groups in total. The maximum absolute atomic E-state index is 11.7. The molecule has 0 rings (SSSR count). The van der Waals surface area contributed by atoms with Gasteiger partial charge in [0.05, 0.1) is 12.8 Å². The van der Waals surface area contributed by atoms with E-state index in [-0.39, 0.29) is 38.5 Å². The van der Waals surface area contributed by atoms with E-state index in [1.807, 2.05) is 0 Å². The zero-order valence-corrected chi connectivity index (χ0v) is 16.0. The number of carbonyl (C=O) groups excluding carboxylic acids is 2. The van der Waals surface area contributed by atoms with Gasteiger partial charge >= 0.3 is 35.8 Å². The van der Waals surface area contributed by atoms with Gasteiger partial charge in [0.25, 0.3) is 0 Å². The second-order valence-electron chi connectivity index (χ2n) is 6.17. The van der Waals surface area contributed by atoms with Crippen LogP contribution in [-0.4, -0.2) is 68.4 Å². The van der Waals surface area contributed by atoms with Gasteiger partial charge in [-0.3, -0.25) is 24.0 Å². The highest BCUT2D eigenvalue weighted by Crippen LogP contribution is 2.11. The Morgan fingerprint density at radius 1 is 0.667 bits per heavy atom. The van der Waals surface area contributed by atoms with E-state index in [2.05, 4.69) is 0 Å². The van der Waals surface area contributed by atoms with Crippen molar-refractivity contribution in [3.63, 3.8) is 0 Å². The molecule has 0 amide bonds. The first-order valence-electron chi connectivity index (χ1n) is 8.93. The molecule has 0 aliphatic heterocycles. The normalized spacial score (nSPS) is 12.7. The van der Waals surface area contributed by atoms with Gasteiger partial charge in [-0.2, -0.15) is 0 Å². The third kappa shape index (κ3) is 15.6. The molecule has 0 aromatic heterocycles. The van der Waals surface area contributed by atoms with Crippen LogP contribution in [0.25, 0.3) is 0 Å². The Balaban J connectivity index is 4.47. The summed E-state index contributed by atoms with van der Waals surface area (Å²) in [7, 11) is 0. The summed E-state index contributed by atoms with van der Waals surface area (Å²) in [6.45, 7) is 0. The van der Waals surface area contributed by atoms with Crippen LogP contribution in [0.5, 0.6) is 0 Å². The molecule has 0 saturated carbocycles. The predicted octanol–water partition coefficient (Wildman–Crippen LogP) is 0.825. The van der Waals surface area contributed by atoms with Crippen LogP contribution in [0.2, 0.25) is 0 Å². The van der Waals surface area contributed by atoms with E-state index in [9.17, 15) is 28.8 Å². The maximum atomic E-state index is 11.7. The zero-order valence-electron chi connectivity index (χ0n) is 16.0. The number of hydrogen-bond donors (Lipinski definition) is 4. The molecule has 12 nitrogen and oxygen atoms in total. The number of ether oxygens (including phenoxy) is 2. The topological polar surface area (TPSA) is 202 Å². The van der Waals surface area contributed by atoms with Crippen LogP contribution in [0, 0.1) is 0 Å². The first kappa shape index (κ1) is 26.6. The molecule has 0 aliphatic rings. The second-order valence-corrected chi connectivity index (χ2v) is 6.17. The second kappa shape index (κ2) is 14.5. The van der Waals surface area contributed by atoms with Crippen molar-refractivity contribution in [2.75, 3.05) is 0 Å². The van der Waals surface area contributed by atoms with Gasteiger partial charge in [0, 0.05) is 25.3 Å². The minimum Gasteiger partial charge on any atom is -0.481 e. The summed E-state index contributed by atoms with van der Waals surface area (Å²) in [4.78, 5) is 66.0. The molecule has 0 heterocycles. The van der Waals surface area contributed by atoms with Crippen LogP contribution in [-0.2, 0) is 38.2 Å². The minimum atomic E-state index is -1.26. The summed E-state index contributed by atoms with van der Waals surface area (Å²) in [5, 5.41) is 34.8. The fourth-order valence-electron chi connectivity index (χ4n) is 2.19. The van der Waals surface area contributed by atoms with Gasteiger partial charge in [-0.15, -0.1) is 0 Å². The monoisotopic (exact) mass is 432 g/mol. The Morgan fingerprint density at radius 3 is 1.57 bits per heavy atom. The summed E-state index contributed by atoms with van der Waals surface area (Å²) in [5.41, 5.74) is 0. The molecular weight excluding hydrogens is 408 g/mol. The molecule has 0 spiro atoms. The SMILES string of the molecule is O=C(O)CCC(CC(=O)O)OC(=O)/C=C\CCC(=O)OC(CCC(=O)O)CC(=O)O. The van der Waals surface area contributed by atoms with Crippen LogP contribution >= 0.6 is 0 Å². The van der Waals surface area contributed by atoms with Crippen molar-refractivity contribution in [1.82, 2.24) is 0 Å². The lowest BCUT2D eigenvalue weighted by molar-refractivity contribution is -0.155. The van der Waals surface area contributed by atoms with Crippen molar-refractivity contribution in [1.29, 1.82) is 0 Å². The lowest BCUT2D eigenvalue weighted by Gasteiger charge is -2.15. The van der Waals surface area contributed by atoms with Crippen LogP contribution < -0.4 is 0 Å². The third-order valence-electron chi connectivity index (χ3n) is 3.51. The van der Waals surface area contributed by atoms with Gasteiger partial charge < -0.3 is 29.9 Å². The molecule has 168 valence electrons. The van der Waals surface area contributed by atoms with Crippen molar-refractivity contribution in [3.05, 3.63) is 12.2 Å². The van der Waals surface area contributed by atoms with E-state index in [0.717, 1.165) is 6.08 Å². The van der Waals surface area contributed by atoms with Gasteiger partial charge in [-0.1, -0.05) is 6.08 Å². The Morgan fingerprint density at radius 2 is 1.13 bits per heavy atom. The van der Waals surface area contributed by atoms with Gasteiger partial charge in [0.15, 0.2) is 0 Å². The molecule has 30 heavy (non-hydrogen) atoms. The van der Waals surface area contributed by atoms with Gasteiger partial charge in [-0.05, 0) is 19.3 Å². The molecule has 0 fully saturated rings. The number of carboxylic acids is 4. The molecule has 0 bridgehead atoms. The van der Waals surface area contributed by atoms with Crippen molar-refractivity contribution < 1.29 is 58.7 Å². The highest BCUT2D eigenvalue weighted by Gasteiger charge is 2.20. The van der Waals surface area contributed by atoms with Gasteiger partial charge in [0.2, 0.25) is 0 Å². The highest BCUT2D eigenvalue weighted by molar-refractivity contribution is 5.82. The molecule has 0 radical (unpaired) electrons. The number of carboxylic acid groups (broad SMARTS) is 4. The summed E-state index contributed by atoms with van der Waals surface area (Å²) in [6.07, 6.45) is -2.37. The fraction of sp³-hybridized carbons (Fsp3) is 0.556. The molecule has 12 heteroatoms. The van der Waals surface area contributed by atoms with Crippen molar-refractivity contribution in [3.8, 4) is 0 Å². The van der Waals surface area contributed by atoms with Crippen LogP contribution in [0.15, 0.2) is 12.2 Å². The molecular formula is C18H24O12. The molecule has 0 aromatic rings. The average Bonchev–Trinajstić information content (AvgIpc) is 2.60.